The summed E-state index contributed by atoms with van der Waals surface area (Å²) < 4.78 is 5.17. The standard InChI is InChI=1S/C9H17O/c1-3-5-8(4-2)6-9-7-10-9/h8-9H,1,3-7H2,2H3. The van der Waals surface area contributed by atoms with Crippen LogP contribution >= 0.6 is 0 Å². The average molecular weight is 141 g/mol. The maximum atomic E-state index is 5.17. The van der Waals surface area contributed by atoms with Gasteiger partial charge in [-0.25, -0.2) is 0 Å². The van der Waals surface area contributed by atoms with E-state index in [2.05, 4.69) is 13.8 Å². The first-order valence-electron chi connectivity index (χ1n) is 4.27. The molecular formula is C9H17O. The molecule has 0 aliphatic carbocycles. The van der Waals surface area contributed by atoms with Gasteiger partial charge in [0.05, 0.1) is 12.7 Å². The van der Waals surface area contributed by atoms with Crippen LogP contribution < -0.4 is 0 Å². The van der Waals surface area contributed by atoms with E-state index in [-0.39, 0.29) is 0 Å². The summed E-state index contributed by atoms with van der Waals surface area (Å²) in [7, 11) is 0. The van der Waals surface area contributed by atoms with Crippen LogP contribution in [-0.4, -0.2) is 12.7 Å². The average Bonchev–Trinajstić information content (AvgIpc) is 2.71. The Kier molecular flexibility index (Phi) is 3.20. The van der Waals surface area contributed by atoms with Crippen LogP contribution in [0.3, 0.4) is 0 Å². The van der Waals surface area contributed by atoms with E-state index in [1.807, 2.05) is 0 Å². The van der Waals surface area contributed by atoms with Crippen LogP contribution in [0.2, 0.25) is 0 Å². The topological polar surface area (TPSA) is 12.5 Å². The predicted octanol–water partition coefficient (Wildman–Crippen LogP) is 2.42. The summed E-state index contributed by atoms with van der Waals surface area (Å²) >= 11 is 0. The van der Waals surface area contributed by atoms with Crippen molar-refractivity contribution < 1.29 is 4.74 Å². The maximum absolute atomic E-state index is 5.17. The highest BCUT2D eigenvalue weighted by molar-refractivity contribution is 4.73. The van der Waals surface area contributed by atoms with Crippen LogP contribution in [0.5, 0.6) is 0 Å². The fraction of sp³-hybridized carbons (Fsp3) is 0.889. The molecule has 0 aromatic heterocycles. The van der Waals surface area contributed by atoms with Gasteiger partial charge in [-0.05, 0) is 12.3 Å². The van der Waals surface area contributed by atoms with Crippen molar-refractivity contribution in [3.05, 3.63) is 6.92 Å². The van der Waals surface area contributed by atoms with Crippen molar-refractivity contribution in [1.82, 2.24) is 0 Å². The van der Waals surface area contributed by atoms with Gasteiger partial charge in [0.2, 0.25) is 0 Å². The molecule has 1 rings (SSSR count). The molecule has 0 aromatic rings. The van der Waals surface area contributed by atoms with Crippen LogP contribution in [0, 0.1) is 12.8 Å². The zero-order chi connectivity index (χ0) is 7.40. The van der Waals surface area contributed by atoms with Gasteiger partial charge in [0.25, 0.3) is 0 Å². The van der Waals surface area contributed by atoms with Crippen molar-refractivity contribution in [3.63, 3.8) is 0 Å². The Bertz CT molecular complexity index is 86.7. The largest absolute Gasteiger partial charge is 0.373 e. The summed E-state index contributed by atoms with van der Waals surface area (Å²) in [6, 6.07) is 0. The molecular weight excluding hydrogens is 124 g/mol. The Labute approximate surface area is 63.8 Å². The summed E-state index contributed by atoms with van der Waals surface area (Å²) in [4.78, 5) is 0. The van der Waals surface area contributed by atoms with E-state index in [9.17, 15) is 0 Å². The Balaban J connectivity index is 2.05. The van der Waals surface area contributed by atoms with Crippen LogP contribution in [0.1, 0.15) is 32.6 Å². The number of hydrogen-bond donors (Lipinski definition) is 0. The Hall–Kier alpha value is -0.0400. The molecule has 1 saturated heterocycles. The molecule has 0 saturated carbocycles. The lowest BCUT2D eigenvalue weighted by atomic mass is 9.96. The first-order chi connectivity index (χ1) is 4.86. The van der Waals surface area contributed by atoms with Gasteiger partial charge in [-0.2, -0.15) is 0 Å². The van der Waals surface area contributed by atoms with E-state index < -0.39 is 0 Å². The predicted molar refractivity (Wildman–Crippen MR) is 42.7 cm³/mol. The number of ether oxygens (including phenoxy) is 1. The Morgan fingerprint density at radius 2 is 2.40 bits per heavy atom. The molecule has 59 valence electrons. The van der Waals surface area contributed by atoms with E-state index in [0.717, 1.165) is 18.9 Å². The van der Waals surface area contributed by atoms with E-state index in [0.29, 0.717) is 6.10 Å². The molecule has 1 aliphatic rings. The highest BCUT2D eigenvalue weighted by Gasteiger charge is 2.25. The molecule has 0 N–H and O–H groups in total. The minimum atomic E-state index is 0.608. The minimum Gasteiger partial charge on any atom is -0.373 e. The van der Waals surface area contributed by atoms with Crippen molar-refractivity contribution in [2.75, 3.05) is 6.61 Å². The molecule has 2 unspecified atom stereocenters. The van der Waals surface area contributed by atoms with Gasteiger partial charge in [-0.15, -0.1) is 0 Å². The second kappa shape index (κ2) is 3.97. The molecule has 1 fully saturated rings. The third-order valence-corrected chi connectivity index (χ3v) is 2.19. The van der Waals surface area contributed by atoms with Gasteiger partial charge in [-0.1, -0.05) is 33.1 Å². The second-order valence-corrected chi connectivity index (χ2v) is 3.11. The van der Waals surface area contributed by atoms with Crippen molar-refractivity contribution in [2.24, 2.45) is 5.92 Å². The van der Waals surface area contributed by atoms with E-state index in [4.69, 9.17) is 4.74 Å². The minimum absolute atomic E-state index is 0.608. The summed E-state index contributed by atoms with van der Waals surface area (Å²) in [5, 5.41) is 0. The molecule has 1 radical (unpaired) electrons. The molecule has 1 heteroatoms. The maximum Gasteiger partial charge on any atom is 0.0812 e. The van der Waals surface area contributed by atoms with Gasteiger partial charge in [0.15, 0.2) is 0 Å². The zero-order valence-electron chi connectivity index (χ0n) is 6.81. The summed E-state index contributed by atoms with van der Waals surface area (Å²) in [6.45, 7) is 7.12. The first-order valence-corrected chi connectivity index (χ1v) is 4.27. The van der Waals surface area contributed by atoms with Crippen molar-refractivity contribution in [3.8, 4) is 0 Å². The quantitative estimate of drug-likeness (QED) is 0.536. The van der Waals surface area contributed by atoms with Crippen LogP contribution in [0.25, 0.3) is 0 Å². The van der Waals surface area contributed by atoms with Crippen LogP contribution in [0.15, 0.2) is 0 Å². The van der Waals surface area contributed by atoms with Crippen molar-refractivity contribution in [1.29, 1.82) is 0 Å². The van der Waals surface area contributed by atoms with E-state index in [1.165, 1.54) is 19.3 Å². The van der Waals surface area contributed by atoms with Gasteiger partial charge >= 0.3 is 0 Å². The van der Waals surface area contributed by atoms with Crippen LogP contribution in [-0.2, 0) is 4.74 Å². The molecule has 1 nitrogen and oxygen atoms in total. The number of hydrogen-bond acceptors (Lipinski definition) is 1. The van der Waals surface area contributed by atoms with E-state index in [1.54, 1.807) is 0 Å². The molecule has 0 bridgehead atoms. The van der Waals surface area contributed by atoms with Gasteiger partial charge in [0.1, 0.15) is 0 Å². The van der Waals surface area contributed by atoms with Gasteiger partial charge in [0, 0.05) is 0 Å². The molecule has 0 aromatic carbocycles. The lowest BCUT2D eigenvalue weighted by Crippen LogP contribution is -2.02. The summed E-state index contributed by atoms with van der Waals surface area (Å²) in [5.74, 6) is 0.866. The first kappa shape index (κ1) is 8.06. The highest BCUT2D eigenvalue weighted by atomic mass is 16.6. The SMILES string of the molecule is [CH2]CCC(CC)CC1CO1. The molecule has 1 heterocycles. The lowest BCUT2D eigenvalue weighted by molar-refractivity contribution is 0.337. The molecule has 0 spiro atoms. The normalized spacial score (nSPS) is 26.4. The third kappa shape index (κ3) is 2.70. The van der Waals surface area contributed by atoms with Crippen LogP contribution in [0.4, 0.5) is 0 Å². The Morgan fingerprint density at radius 1 is 1.70 bits per heavy atom. The zero-order valence-corrected chi connectivity index (χ0v) is 6.81. The lowest BCUT2D eigenvalue weighted by Gasteiger charge is -2.10. The highest BCUT2D eigenvalue weighted by Crippen LogP contribution is 2.24. The van der Waals surface area contributed by atoms with Crippen molar-refractivity contribution in [2.45, 2.75) is 38.7 Å². The van der Waals surface area contributed by atoms with Gasteiger partial charge < -0.3 is 4.74 Å². The fourth-order valence-electron chi connectivity index (χ4n) is 1.35. The number of epoxide rings is 1. The number of rotatable bonds is 5. The van der Waals surface area contributed by atoms with Crippen molar-refractivity contribution >= 4 is 0 Å². The monoisotopic (exact) mass is 141 g/mol. The smallest absolute Gasteiger partial charge is 0.0812 e. The molecule has 1 aliphatic heterocycles. The van der Waals surface area contributed by atoms with E-state index >= 15 is 0 Å². The third-order valence-electron chi connectivity index (χ3n) is 2.19. The summed E-state index contributed by atoms with van der Waals surface area (Å²) in [5.41, 5.74) is 0. The Morgan fingerprint density at radius 3 is 2.80 bits per heavy atom. The fourth-order valence-corrected chi connectivity index (χ4v) is 1.35. The molecule has 2 atom stereocenters. The summed E-state index contributed by atoms with van der Waals surface area (Å²) in [6.07, 6.45) is 5.51. The second-order valence-electron chi connectivity index (χ2n) is 3.11. The molecule has 10 heavy (non-hydrogen) atoms. The van der Waals surface area contributed by atoms with Gasteiger partial charge in [-0.3, -0.25) is 0 Å². The molecule has 0 amide bonds.